The molecular formula is C21H25FN2O4S. The fourth-order valence-corrected chi connectivity index (χ4v) is 4.85. The minimum absolute atomic E-state index is 0.0704. The molecule has 0 aromatic heterocycles. The van der Waals surface area contributed by atoms with Crippen LogP contribution in [-0.4, -0.2) is 49.7 Å². The van der Waals surface area contributed by atoms with Crippen molar-refractivity contribution >= 4 is 15.9 Å². The highest BCUT2D eigenvalue weighted by molar-refractivity contribution is 7.91. The number of amides is 1. The van der Waals surface area contributed by atoms with E-state index in [9.17, 15) is 17.6 Å². The van der Waals surface area contributed by atoms with Gasteiger partial charge in [0.05, 0.1) is 9.79 Å². The summed E-state index contributed by atoms with van der Waals surface area (Å²) in [6.45, 7) is 3.41. The summed E-state index contributed by atoms with van der Waals surface area (Å²) in [6.07, 6.45) is 0.766. The van der Waals surface area contributed by atoms with Crippen LogP contribution in [0.15, 0.2) is 58.3 Å². The molecule has 1 saturated heterocycles. The van der Waals surface area contributed by atoms with Crippen LogP contribution in [-0.2, 0) is 16.3 Å². The number of halogens is 1. The Morgan fingerprint density at radius 1 is 1.14 bits per heavy atom. The molecule has 1 aliphatic rings. The van der Waals surface area contributed by atoms with Crippen LogP contribution in [0, 0.1) is 5.82 Å². The van der Waals surface area contributed by atoms with Crippen molar-refractivity contribution in [2.75, 3.05) is 19.6 Å². The van der Waals surface area contributed by atoms with Crippen molar-refractivity contribution < 1.29 is 22.7 Å². The fraction of sp³-hybridized carbons (Fsp3) is 0.381. The zero-order valence-corrected chi connectivity index (χ0v) is 17.1. The van der Waals surface area contributed by atoms with Crippen LogP contribution in [0.3, 0.4) is 0 Å². The number of hydrogen-bond donors (Lipinski definition) is 2. The predicted molar refractivity (Wildman–Crippen MR) is 107 cm³/mol. The van der Waals surface area contributed by atoms with E-state index in [1.165, 1.54) is 35.2 Å². The van der Waals surface area contributed by atoms with Gasteiger partial charge in [0.2, 0.25) is 9.84 Å². The highest BCUT2D eigenvalue weighted by Gasteiger charge is 2.31. The summed E-state index contributed by atoms with van der Waals surface area (Å²) >= 11 is 0. The van der Waals surface area contributed by atoms with Crippen LogP contribution in [0.5, 0.6) is 0 Å². The molecule has 3 rings (SSSR count). The fourth-order valence-electron chi connectivity index (χ4n) is 3.51. The van der Waals surface area contributed by atoms with Gasteiger partial charge in [0, 0.05) is 18.6 Å². The lowest BCUT2D eigenvalue weighted by molar-refractivity contribution is 0.112. The maximum absolute atomic E-state index is 14.3. The minimum Gasteiger partial charge on any atom is -0.465 e. The summed E-state index contributed by atoms with van der Waals surface area (Å²) < 4.78 is 39.8. The topological polar surface area (TPSA) is 86.7 Å². The Kier molecular flexibility index (Phi) is 6.24. The van der Waals surface area contributed by atoms with Crippen molar-refractivity contribution in [1.29, 1.82) is 0 Å². The SMILES string of the molecule is CC1(NCCc2cc(S(=O)(=O)c3ccccc3)ccc2F)CCN(C(=O)O)CC1. The standard InChI is InChI=1S/C21H25FN2O4S/c1-21(10-13-24(14-11-21)20(25)26)23-12-9-16-15-18(7-8-19(16)22)29(27,28)17-5-3-2-4-6-17/h2-8,15,23H,9-14H2,1H3,(H,25,26). The Bertz CT molecular complexity index is 971. The first kappa shape index (κ1) is 21.3. The van der Waals surface area contributed by atoms with Crippen LogP contribution >= 0.6 is 0 Å². The summed E-state index contributed by atoms with van der Waals surface area (Å²) in [5.41, 5.74) is 0.108. The van der Waals surface area contributed by atoms with Crippen molar-refractivity contribution in [3.8, 4) is 0 Å². The lowest BCUT2D eigenvalue weighted by Gasteiger charge is -2.39. The largest absolute Gasteiger partial charge is 0.465 e. The highest BCUT2D eigenvalue weighted by atomic mass is 32.2. The molecule has 6 nitrogen and oxygen atoms in total. The molecule has 0 unspecified atom stereocenters. The third-order valence-electron chi connectivity index (χ3n) is 5.46. The van der Waals surface area contributed by atoms with Crippen LogP contribution in [0.2, 0.25) is 0 Å². The number of benzene rings is 2. The van der Waals surface area contributed by atoms with Crippen molar-refractivity contribution in [1.82, 2.24) is 10.2 Å². The van der Waals surface area contributed by atoms with Gasteiger partial charge in [0.1, 0.15) is 5.82 Å². The van der Waals surface area contributed by atoms with Gasteiger partial charge in [-0.25, -0.2) is 17.6 Å². The molecule has 0 aliphatic carbocycles. The van der Waals surface area contributed by atoms with Gasteiger partial charge in [0.25, 0.3) is 0 Å². The normalized spacial score (nSPS) is 16.6. The first-order chi connectivity index (χ1) is 13.7. The van der Waals surface area contributed by atoms with Crippen molar-refractivity contribution in [2.24, 2.45) is 0 Å². The molecule has 1 aliphatic heterocycles. The number of carboxylic acid groups (broad SMARTS) is 1. The molecule has 2 N–H and O–H groups in total. The van der Waals surface area contributed by atoms with Gasteiger partial charge in [-0.15, -0.1) is 0 Å². The maximum Gasteiger partial charge on any atom is 0.407 e. The summed E-state index contributed by atoms with van der Waals surface area (Å²) in [4.78, 5) is 12.7. The molecule has 0 bridgehead atoms. The van der Waals surface area contributed by atoms with E-state index in [-0.39, 0.29) is 15.3 Å². The molecule has 0 atom stereocenters. The molecule has 0 radical (unpaired) electrons. The molecule has 156 valence electrons. The first-order valence-corrected chi connectivity index (χ1v) is 11.0. The van der Waals surface area contributed by atoms with Crippen LogP contribution in [0.4, 0.5) is 9.18 Å². The molecule has 1 fully saturated rings. The smallest absolute Gasteiger partial charge is 0.407 e. The summed E-state index contributed by atoms with van der Waals surface area (Å²) in [7, 11) is -3.70. The number of rotatable bonds is 6. The van der Waals surface area contributed by atoms with Crippen molar-refractivity contribution in [2.45, 2.75) is 41.5 Å². The monoisotopic (exact) mass is 420 g/mol. The van der Waals surface area contributed by atoms with E-state index in [0.717, 1.165) is 0 Å². The Hall–Kier alpha value is -2.45. The van der Waals surface area contributed by atoms with Crippen LogP contribution in [0.25, 0.3) is 0 Å². The minimum atomic E-state index is -3.70. The molecule has 2 aromatic carbocycles. The molecule has 8 heteroatoms. The first-order valence-electron chi connectivity index (χ1n) is 9.53. The molecule has 2 aromatic rings. The van der Waals surface area contributed by atoms with E-state index in [4.69, 9.17) is 5.11 Å². The van der Waals surface area contributed by atoms with Gasteiger partial charge in [-0.05, 0) is 68.6 Å². The Balaban J connectivity index is 1.66. The third-order valence-corrected chi connectivity index (χ3v) is 7.23. The number of nitrogens with zero attached hydrogens (tertiary/aromatic N) is 1. The van der Waals surface area contributed by atoms with E-state index in [1.807, 2.05) is 6.92 Å². The third kappa shape index (κ3) is 4.94. The number of hydrogen-bond acceptors (Lipinski definition) is 4. The number of carbonyl (C=O) groups is 1. The molecular weight excluding hydrogens is 395 g/mol. The lowest BCUT2D eigenvalue weighted by atomic mass is 9.89. The van der Waals surface area contributed by atoms with E-state index in [2.05, 4.69) is 5.32 Å². The van der Waals surface area contributed by atoms with Gasteiger partial charge in [-0.2, -0.15) is 0 Å². The Morgan fingerprint density at radius 2 is 1.79 bits per heavy atom. The number of piperidine rings is 1. The number of sulfone groups is 1. The van der Waals surface area contributed by atoms with Gasteiger partial charge in [-0.1, -0.05) is 18.2 Å². The molecule has 1 amide bonds. The van der Waals surface area contributed by atoms with E-state index in [0.29, 0.717) is 44.5 Å². The van der Waals surface area contributed by atoms with E-state index < -0.39 is 21.7 Å². The number of nitrogens with one attached hydrogen (secondary N) is 1. The summed E-state index contributed by atoms with van der Waals surface area (Å²) in [5.74, 6) is -0.440. The molecule has 1 heterocycles. The molecule has 0 saturated carbocycles. The van der Waals surface area contributed by atoms with Gasteiger partial charge in [0.15, 0.2) is 0 Å². The van der Waals surface area contributed by atoms with Crippen molar-refractivity contribution in [3.63, 3.8) is 0 Å². The van der Waals surface area contributed by atoms with Gasteiger partial charge < -0.3 is 15.3 Å². The van der Waals surface area contributed by atoms with Crippen LogP contribution < -0.4 is 5.32 Å². The number of likely N-dealkylation sites (tertiary alicyclic amines) is 1. The summed E-state index contributed by atoms with van der Waals surface area (Å²) in [5, 5.41) is 12.4. The Labute approximate surface area is 170 Å². The predicted octanol–water partition coefficient (Wildman–Crippen LogP) is 3.32. The van der Waals surface area contributed by atoms with Crippen LogP contribution in [0.1, 0.15) is 25.3 Å². The lowest BCUT2D eigenvalue weighted by Crippen LogP contribution is -2.52. The highest BCUT2D eigenvalue weighted by Crippen LogP contribution is 2.24. The van der Waals surface area contributed by atoms with Crippen molar-refractivity contribution in [3.05, 3.63) is 59.9 Å². The van der Waals surface area contributed by atoms with E-state index >= 15 is 0 Å². The average Bonchev–Trinajstić information content (AvgIpc) is 2.70. The second-order valence-electron chi connectivity index (χ2n) is 7.58. The second-order valence-corrected chi connectivity index (χ2v) is 9.53. The van der Waals surface area contributed by atoms with Gasteiger partial charge in [-0.3, -0.25) is 0 Å². The zero-order valence-electron chi connectivity index (χ0n) is 16.3. The summed E-state index contributed by atoms with van der Waals surface area (Å²) in [6, 6.07) is 12.0. The second kappa shape index (κ2) is 8.51. The molecule has 29 heavy (non-hydrogen) atoms. The zero-order chi connectivity index (χ0) is 21.1. The maximum atomic E-state index is 14.3. The van der Waals surface area contributed by atoms with E-state index in [1.54, 1.807) is 18.2 Å². The average molecular weight is 421 g/mol. The quantitative estimate of drug-likeness (QED) is 0.700. The molecule has 0 spiro atoms. The van der Waals surface area contributed by atoms with Gasteiger partial charge >= 0.3 is 6.09 Å². The Morgan fingerprint density at radius 3 is 2.41 bits per heavy atom.